The highest BCUT2D eigenvalue weighted by Crippen LogP contribution is 2.27. The van der Waals surface area contributed by atoms with Crippen molar-refractivity contribution in [2.75, 3.05) is 25.5 Å². The van der Waals surface area contributed by atoms with Crippen LogP contribution in [0.1, 0.15) is 52.5 Å². The Morgan fingerprint density at radius 1 is 0.929 bits per heavy atom. The number of amides is 7. The molecule has 0 saturated carbocycles. The lowest BCUT2D eigenvalue weighted by atomic mass is 10.0. The molecule has 2 aromatic carbocycles. The number of urea groups is 1. The molecular formula is C38H46F2IN7O8. The molecule has 3 saturated heterocycles. The molecule has 0 unspecified atom stereocenters. The van der Waals surface area contributed by atoms with E-state index in [1.807, 2.05) is 6.92 Å². The third-order valence-corrected chi connectivity index (χ3v) is 11.1. The Bertz CT molecular complexity index is 1850. The van der Waals surface area contributed by atoms with E-state index in [2.05, 4.69) is 43.9 Å². The summed E-state index contributed by atoms with van der Waals surface area (Å²) < 4.78 is 35.3. The van der Waals surface area contributed by atoms with E-state index in [9.17, 15) is 42.3 Å². The molecule has 3 aliphatic heterocycles. The quantitative estimate of drug-likeness (QED) is 0.252. The first-order valence-corrected chi connectivity index (χ1v) is 19.5. The zero-order valence-corrected chi connectivity index (χ0v) is 33.8. The number of carbonyl (C=O) groups is 7. The van der Waals surface area contributed by atoms with E-state index in [1.54, 1.807) is 24.3 Å². The minimum Gasteiger partial charge on any atom is -0.458 e. The van der Waals surface area contributed by atoms with E-state index < -0.39 is 102 Å². The number of hydrogen-bond acceptors (Lipinski definition) is 8. The molecule has 0 bridgehead atoms. The Kier molecular flexibility index (Phi) is 13.5. The molecule has 7 amide bonds. The SMILES string of the molecule is C[C@@H]1C[C@H]2C(=O)O[C@@H](C)[C@H](NC(=O)[C@H](Cc3cc(F)cc(F)c3)NC(=O)Nc3ccc(I)cc3)C(=O)N3CCC[C@H]3C(=O)N(C)[C@@H](C)C(=O)N[C@@H](C)C(=O)N2C1. The average Bonchev–Trinajstić information content (AvgIpc) is 3.79. The Balaban J connectivity index is 1.49. The number of benzene rings is 2. The van der Waals surface area contributed by atoms with Gasteiger partial charge in [-0.25, -0.2) is 18.4 Å². The minimum atomic E-state index is -1.63. The first kappa shape index (κ1) is 42.3. The maximum Gasteiger partial charge on any atom is 0.329 e. The van der Waals surface area contributed by atoms with Gasteiger partial charge >= 0.3 is 12.0 Å². The zero-order valence-electron chi connectivity index (χ0n) is 31.6. The maximum atomic E-state index is 14.5. The zero-order chi connectivity index (χ0) is 41.0. The van der Waals surface area contributed by atoms with Gasteiger partial charge in [0.25, 0.3) is 0 Å². The largest absolute Gasteiger partial charge is 0.458 e. The van der Waals surface area contributed by atoms with E-state index in [-0.39, 0.29) is 37.4 Å². The lowest BCUT2D eigenvalue weighted by Crippen LogP contribution is -2.62. The van der Waals surface area contributed by atoms with Crippen molar-refractivity contribution < 1.29 is 47.1 Å². The smallest absolute Gasteiger partial charge is 0.329 e. The number of fused-ring (bicyclic) bond motifs is 2. The number of ether oxygens (including phenoxy) is 1. The van der Waals surface area contributed by atoms with Crippen LogP contribution < -0.4 is 21.3 Å². The van der Waals surface area contributed by atoms with Gasteiger partial charge in [0.2, 0.25) is 29.5 Å². The molecule has 56 heavy (non-hydrogen) atoms. The van der Waals surface area contributed by atoms with Crippen LogP contribution in [0.25, 0.3) is 0 Å². The molecule has 18 heteroatoms. The Morgan fingerprint density at radius 2 is 1.59 bits per heavy atom. The highest BCUT2D eigenvalue weighted by atomic mass is 127. The normalized spacial score (nSPS) is 26.9. The maximum absolute atomic E-state index is 14.5. The summed E-state index contributed by atoms with van der Waals surface area (Å²) in [4.78, 5) is 100. The van der Waals surface area contributed by atoms with Crippen LogP contribution >= 0.6 is 22.6 Å². The molecule has 302 valence electrons. The Hall–Kier alpha value is -4.88. The summed E-state index contributed by atoms with van der Waals surface area (Å²) in [6.45, 7) is 6.49. The molecule has 0 aliphatic carbocycles. The fraction of sp³-hybridized carbons (Fsp3) is 0.500. The van der Waals surface area contributed by atoms with Gasteiger partial charge in [-0.1, -0.05) is 6.92 Å². The molecule has 0 radical (unpaired) electrons. The number of halogens is 3. The molecule has 5 rings (SSSR count). The van der Waals surface area contributed by atoms with Crippen LogP contribution in [-0.4, -0.2) is 119 Å². The summed E-state index contributed by atoms with van der Waals surface area (Å²) in [7, 11) is 1.41. The van der Waals surface area contributed by atoms with Crippen LogP contribution in [0.15, 0.2) is 42.5 Å². The van der Waals surface area contributed by atoms with Gasteiger partial charge in [0.05, 0.1) is 0 Å². The summed E-state index contributed by atoms with van der Waals surface area (Å²) >= 11 is 2.09. The van der Waals surface area contributed by atoms with Crippen molar-refractivity contribution in [2.45, 2.75) is 95.7 Å². The van der Waals surface area contributed by atoms with Gasteiger partial charge in [-0.2, -0.15) is 0 Å². The van der Waals surface area contributed by atoms with Crippen molar-refractivity contribution in [3.05, 3.63) is 63.2 Å². The van der Waals surface area contributed by atoms with Crippen molar-refractivity contribution in [1.29, 1.82) is 0 Å². The number of nitrogens with zero attached hydrogens (tertiary/aromatic N) is 3. The number of anilines is 1. The number of rotatable bonds is 6. The van der Waals surface area contributed by atoms with Gasteiger partial charge in [-0.05, 0) is 111 Å². The molecule has 3 fully saturated rings. The molecule has 3 aliphatic rings. The van der Waals surface area contributed by atoms with Crippen molar-refractivity contribution >= 4 is 69.8 Å². The van der Waals surface area contributed by atoms with E-state index in [4.69, 9.17) is 4.74 Å². The van der Waals surface area contributed by atoms with E-state index >= 15 is 0 Å². The number of esters is 1. The molecule has 2 aromatic rings. The molecule has 8 atom stereocenters. The molecule has 4 N–H and O–H groups in total. The first-order chi connectivity index (χ1) is 26.4. The van der Waals surface area contributed by atoms with Crippen molar-refractivity contribution in [3.63, 3.8) is 0 Å². The molecular weight excluding hydrogens is 847 g/mol. The predicted molar refractivity (Wildman–Crippen MR) is 207 cm³/mol. The van der Waals surface area contributed by atoms with E-state index in [1.165, 1.54) is 42.5 Å². The van der Waals surface area contributed by atoms with Crippen molar-refractivity contribution in [3.8, 4) is 0 Å². The van der Waals surface area contributed by atoms with E-state index in [0.717, 1.165) is 15.7 Å². The minimum absolute atomic E-state index is 0.0155. The summed E-state index contributed by atoms with van der Waals surface area (Å²) in [5, 5.41) is 10.4. The molecule has 0 spiro atoms. The van der Waals surface area contributed by atoms with Gasteiger partial charge in [0.1, 0.15) is 54.0 Å². The second-order valence-electron chi connectivity index (χ2n) is 14.7. The van der Waals surface area contributed by atoms with Crippen LogP contribution in [0, 0.1) is 21.1 Å². The molecule has 15 nitrogen and oxygen atoms in total. The third kappa shape index (κ3) is 9.91. The lowest BCUT2D eigenvalue weighted by molar-refractivity contribution is -0.162. The number of likely N-dealkylation sites (N-methyl/N-ethyl adjacent to an activating group) is 1. The van der Waals surface area contributed by atoms with Crippen molar-refractivity contribution in [1.82, 2.24) is 30.7 Å². The summed E-state index contributed by atoms with van der Waals surface area (Å²) in [5.41, 5.74) is 0.401. The topological polar surface area (TPSA) is 187 Å². The summed E-state index contributed by atoms with van der Waals surface area (Å²) in [5.74, 6) is -6.27. The van der Waals surface area contributed by atoms with Gasteiger partial charge in [0, 0.05) is 41.9 Å². The van der Waals surface area contributed by atoms with Gasteiger partial charge in [-0.3, -0.25) is 24.0 Å². The highest BCUT2D eigenvalue weighted by molar-refractivity contribution is 14.1. The Morgan fingerprint density at radius 3 is 2.25 bits per heavy atom. The number of cyclic esters (lactones) is 1. The number of hydrogen-bond donors (Lipinski definition) is 4. The van der Waals surface area contributed by atoms with Gasteiger partial charge in [-0.15, -0.1) is 0 Å². The Labute approximate surface area is 336 Å². The summed E-state index contributed by atoms with van der Waals surface area (Å²) in [6.07, 6.45) is -0.926. The van der Waals surface area contributed by atoms with Gasteiger partial charge in [0.15, 0.2) is 0 Å². The fourth-order valence-corrected chi connectivity index (χ4v) is 7.58. The van der Waals surface area contributed by atoms with Crippen LogP contribution in [0.5, 0.6) is 0 Å². The number of carbonyl (C=O) groups excluding carboxylic acids is 7. The monoisotopic (exact) mass is 893 g/mol. The van der Waals surface area contributed by atoms with Crippen molar-refractivity contribution in [2.24, 2.45) is 5.92 Å². The standard InChI is InChI=1S/C38H46F2IN7O8/c1-19-13-30-37(54)56-22(4)31(36(53)47-12-6-7-29(47)35(52)46(5)21(3)32(49)42-20(2)34(51)48(30)18-19)45-33(50)28(16-23-14-24(39)17-25(40)15-23)44-38(55)43-27-10-8-26(41)9-11-27/h8-11,14-15,17,19-22,28-31H,6-7,12-13,16,18H2,1-5H3,(H,42,49)(H,45,50)(H2,43,44,55)/t19-,20+,21+,22+,28+,29+,30+,31+/m1/s1. The average molecular weight is 894 g/mol. The predicted octanol–water partition coefficient (Wildman–Crippen LogP) is 2.31. The first-order valence-electron chi connectivity index (χ1n) is 18.4. The third-order valence-electron chi connectivity index (χ3n) is 10.3. The van der Waals surface area contributed by atoms with Crippen LogP contribution in [0.3, 0.4) is 0 Å². The summed E-state index contributed by atoms with van der Waals surface area (Å²) in [6, 6.07) is 1.20. The van der Waals surface area contributed by atoms with E-state index in [0.29, 0.717) is 18.2 Å². The molecule has 3 heterocycles. The van der Waals surface area contributed by atoms with Crippen LogP contribution in [0.4, 0.5) is 19.3 Å². The van der Waals surface area contributed by atoms with Crippen LogP contribution in [-0.2, 0) is 39.9 Å². The van der Waals surface area contributed by atoms with Gasteiger partial charge < -0.3 is 40.7 Å². The van der Waals surface area contributed by atoms with Crippen LogP contribution in [0.2, 0.25) is 0 Å². The lowest BCUT2D eigenvalue weighted by Gasteiger charge is -2.36. The molecule has 0 aromatic heterocycles. The second-order valence-corrected chi connectivity index (χ2v) is 15.9. The number of nitrogens with one attached hydrogen (secondary N) is 4. The highest BCUT2D eigenvalue weighted by Gasteiger charge is 2.46. The fourth-order valence-electron chi connectivity index (χ4n) is 7.22. The second kappa shape index (κ2) is 17.9.